The monoisotopic (exact) mass is 466 g/mol. The molecule has 0 radical (unpaired) electrons. The van der Waals surface area contributed by atoms with Crippen LogP contribution < -0.4 is 9.62 Å². The molecule has 5 rings (SSSR count). The Morgan fingerprint density at radius 3 is 2.81 bits per heavy atom. The normalized spacial score (nSPS) is 23.2. The second-order valence-corrected chi connectivity index (χ2v) is 9.84. The lowest BCUT2D eigenvalue weighted by molar-refractivity contribution is -0.0448. The quantitative estimate of drug-likeness (QED) is 0.619. The van der Waals surface area contributed by atoms with Gasteiger partial charge in [-0.2, -0.15) is 0 Å². The maximum atomic E-state index is 15.0. The zero-order chi connectivity index (χ0) is 22.7. The highest BCUT2D eigenvalue weighted by atomic mass is 32.2. The number of alkyl halides is 2. The molecule has 4 heterocycles. The fourth-order valence-electron chi connectivity index (χ4n) is 4.36. The Bertz CT molecular complexity index is 1270. The lowest BCUT2D eigenvalue weighted by Crippen LogP contribution is -2.56. The second-order valence-electron chi connectivity index (χ2n) is 7.80. The molecule has 2 amide bonds. The van der Waals surface area contributed by atoms with E-state index in [1.54, 1.807) is 30.3 Å². The topological polar surface area (TPSA) is 109 Å². The molecule has 3 aromatic rings. The van der Waals surface area contributed by atoms with E-state index in [0.29, 0.717) is 22.3 Å². The molecule has 32 heavy (non-hydrogen) atoms. The van der Waals surface area contributed by atoms with Crippen molar-refractivity contribution in [2.45, 2.75) is 31.4 Å². The molecule has 2 aliphatic rings. The molecule has 2 saturated heterocycles. The molecule has 2 atom stereocenters. The Morgan fingerprint density at radius 1 is 1.28 bits per heavy atom. The van der Waals surface area contributed by atoms with Crippen LogP contribution in [0.5, 0.6) is 0 Å². The highest BCUT2D eigenvalue weighted by molar-refractivity contribution is 7.89. The fraction of sp³-hybridized carbons (Fsp3) is 0.400. The maximum absolute atomic E-state index is 15.0. The van der Waals surface area contributed by atoms with Crippen LogP contribution in [0.3, 0.4) is 0 Å². The van der Waals surface area contributed by atoms with Crippen molar-refractivity contribution in [3.8, 4) is 11.3 Å². The molecular weight excluding hydrogens is 446 g/mol. The van der Waals surface area contributed by atoms with E-state index in [2.05, 4.69) is 5.16 Å². The van der Waals surface area contributed by atoms with E-state index in [1.165, 1.54) is 18.1 Å². The summed E-state index contributed by atoms with van der Waals surface area (Å²) in [7, 11) is -3.87. The molecule has 2 aliphatic heterocycles. The van der Waals surface area contributed by atoms with E-state index in [-0.39, 0.29) is 24.5 Å². The number of carbonyl (C=O) groups excluding carboxylic acids is 1. The third-order valence-electron chi connectivity index (χ3n) is 5.99. The third kappa shape index (κ3) is 3.16. The lowest BCUT2D eigenvalue weighted by Gasteiger charge is -2.37. The van der Waals surface area contributed by atoms with E-state index in [0.717, 1.165) is 4.90 Å². The number of rotatable bonds is 5. The van der Waals surface area contributed by atoms with Crippen LogP contribution in [0, 0.1) is 0 Å². The molecule has 2 fully saturated rings. The first kappa shape index (κ1) is 20.9. The summed E-state index contributed by atoms with van der Waals surface area (Å²) in [6, 6.07) is 4.95. The summed E-state index contributed by atoms with van der Waals surface area (Å²) in [5.74, 6) is -2.97. The van der Waals surface area contributed by atoms with Crippen LogP contribution >= 0.6 is 0 Å². The summed E-state index contributed by atoms with van der Waals surface area (Å²) in [4.78, 5) is 15.6. The van der Waals surface area contributed by atoms with Crippen molar-refractivity contribution >= 4 is 32.8 Å². The number of nitrogens with one attached hydrogen (secondary N) is 1. The molecule has 0 unspecified atom stereocenters. The van der Waals surface area contributed by atoms with Gasteiger partial charge in [-0.1, -0.05) is 17.3 Å². The highest BCUT2D eigenvalue weighted by Crippen LogP contribution is 2.42. The summed E-state index contributed by atoms with van der Waals surface area (Å²) in [5, 5.41) is 4.58. The number of nitrogens with zero attached hydrogens (tertiary/aromatic N) is 3. The second kappa shape index (κ2) is 7.27. The fourth-order valence-corrected chi connectivity index (χ4v) is 5.19. The number of benzene rings is 1. The van der Waals surface area contributed by atoms with Gasteiger partial charge in [0.05, 0.1) is 17.4 Å². The lowest BCUT2D eigenvalue weighted by atomic mass is 10.0. The predicted molar refractivity (Wildman–Crippen MR) is 111 cm³/mol. The molecule has 0 aliphatic carbocycles. The summed E-state index contributed by atoms with van der Waals surface area (Å²) in [5.41, 5.74) is 1.07. The van der Waals surface area contributed by atoms with E-state index in [1.807, 2.05) is 4.72 Å². The van der Waals surface area contributed by atoms with Gasteiger partial charge in [-0.25, -0.2) is 26.7 Å². The van der Waals surface area contributed by atoms with Crippen molar-refractivity contribution in [3.63, 3.8) is 0 Å². The van der Waals surface area contributed by atoms with Gasteiger partial charge in [0.2, 0.25) is 10.0 Å². The number of amides is 2. The number of aromatic nitrogens is 1. The van der Waals surface area contributed by atoms with E-state index < -0.39 is 40.6 Å². The molecule has 12 heteroatoms. The molecule has 1 aromatic carbocycles. The van der Waals surface area contributed by atoms with Gasteiger partial charge in [0.1, 0.15) is 17.8 Å². The van der Waals surface area contributed by atoms with Crippen LogP contribution in [-0.4, -0.2) is 61.4 Å². The Labute approximate surface area is 182 Å². The summed E-state index contributed by atoms with van der Waals surface area (Å²) < 4.78 is 66.6. The van der Waals surface area contributed by atoms with Crippen LogP contribution in [-0.2, 0) is 10.0 Å². The van der Waals surface area contributed by atoms with E-state index >= 15 is 0 Å². The Morgan fingerprint density at radius 2 is 2.09 bits per heavy atom. The number of fused-ring (bicyclic) bond motifs is 2. The van der Waals surface area contributed by atoms with Crippen molar-refractivity contribution < 1.29 is 30.9 Å². The number of anilines is 1. The first-order valence-electron chi connectivity index (χ1n) is 10.1. The van der Waals surface area contributed by atoms with Gasteiger partial charge in [0, 0.05) is 18.7 Å². The van der Waals surface area contributed by atoms with Gasteiger partial charge in [-0.3, -0.25) is 4.90 Å². The van der Waals surface area contributed by atoms with Crippen LogP contribution in [0.2, 0.25) is 0 Å². The molecule has 0 spiro atoms. The number of halogens is 2. The number of carbonyl (C=O) groups is 1. The Kier molecular flexibility index (Phi) is 4.75. The molecule has 9 nitrogen and oxygen atoms in total. The summed E-state index contributed by atoms with van der Waals surface area (Å²) in [6.45, 7) is 0.909. The zero-order valence-corrected chi connectivity index (χ0v) is 17.8. The molecule has 0 saturated carbocycles. The number of hydrogen-bond donors (Lipinski definition) is 1. The van der Waals surface area contributed by atoms with Crippen molar-refractivity contribution in [1.82, 2.24) is 14.8 Å². The minimum atomic E-state index is -3.87. The largest absolute Gasteiger partial charge is 0.464 e. The van der Waals surface area contributed by atoms with Gasteiger partial charge >= 0.3 is 6.03 Å². The summed E-state index contributed by atoms with van der Waals surface area (Å²) >= 11 is 0. The molecule has 2 aromatic heterocycles. The van der Waals surface area contributed by atoms with Crippen molar-refractivity contribution in [2.24, 2.45) is 0 Å². The number of hydrogen-bond acceptors (Lipinski definition) is 6. The minimum Gasteiger partial charge on any atom is -0.464 e. The highest BCUT2D eigenvalue weighted by Gasteiger charge is 2.60. The van der Waals surface area contributed by atoms with Gasteiger partial charge in [-0.05, 0) is 31.5 Å². The maximum Gasteiger partial charge on any atom is 0.326 e. The average molecular weight is 466 g/mol. The van der Waals surface area contributed by atoms with E-state index in [9.17, 15) is 22.0 Å². The molecule has 170 valence electrons. The van der Waals surface area contributed by atoms with Crippen LogP contribution in [0.15, 0.2) is 45.5 Å². The Hall–Kier alpha value is -2.99. The number of urea groups is 1. The number of furan rings is 1. The van der Waals surface area contributed by atoms with Gasteiger partial charge in [-0.15, -0.1) is 0 Å². The third-order valence-corrected chi connectivity index (χ3v) is 7.40. The molecule has 0 bridgehead atoms. The average Bonchev–Trinajstić information content (AvgIpc) is 3.48. The van der Waals surface area contributed by atoms with Crippen molar-refractivity contribution in [1.29, 1.82) is 0 Å². The van der Waals surface area contributed by atoms with E-state index in [4.69, 9.17) is 8.94 Å². The molecular formula is C20H20F2N4O5S. The summed E-state index contributed by atoms with van der Waals surface area (Å²) in [6.07, 6.45) is 1.46. The number of sulfonamides is 1. The standard InChI is InChI=1S/C20H20F2N4O5S/c1-2-32(28,29)24-15-11-26-16(20(15,21)22)8-9-25(19(26)27)18-17-12(13-7-4-10-30-13)5-3-6-14(17)31-23-18/h3-7,10,15-16,24H,2,8-9,11H2,1H3/t15-,16-/m1/s1. The van der Waals surface area contributed by atoms with Gasteiger partial charge in [0.15, 0.2) is 11.4 Å². The first-order chi connectivity index (χ1) is 15.2. The minimum absolute atomic E-state index is 0.0169. The van der Waals surface area contributed by atoms with Crippen molar-refractivity contribution in [3.05, 3.63) is 36.6 Å². The zero-order valence-electron chi connectivity index (χ0n) is 17.0. The smallest absolute Gasteiger partial charge is 0.326 e. The van der Waals surface area contributed by atoms with Crippen LogP contribution in [0.1, 0.15) is 13.3 Å². The van der Waals surface area contributed by atoms with Crippen molar-refractivity contribution in [2.75, 3.05) is 23.7 Å². The SMILES string of the molecule is CCS(=O)(=O)N[C@@H]1CN2C(=O)N(c3noc4cccc(-c5ccco5)c34)CC[C@@H]2C1(F)F. The Balaban J connectivity index is 1.50. The van der Waals surface area contributed by atoms with Crippen LogP contribution in [0.25, 0.3) is 22.3 Å². The molecule has 1 N–H and O–H groups in total. The first-order valence-corrected chi connectivity index (χ1v) is 11.8. The van der Waals surface area contributed by atoms with Gasteiger partial charge < -0.3 is 13.8 Å². The predicted octanol–water partition coefficient (Wildman–Crippen LogP) is 3.05. The van der Waals surface area contributed by atoms with Crippen LogP contribution in [0.4, 0.5) is 19.4 Å². The van der Waals surface area contributed by atoms with Gasteiger partial charge in [0.25, 0.3) is 5.92 Å².